The molecule has 1 aliphatic rings. The number of hydrogen-bond donors (Lipinski definition) is 1. The van der Waals surface area contributed by atoms with Crippen LogP contribution in [0.2, 0.25) is 0 Å². The van der Waals surface area contributed by atoms with Crippen molar-refractivity contribution in [3.8, 4) is 0 Å². The number of morpholine rings is 1. The van der Waals surface area contributed by atoms with Crippen molar-refractivity contribution in [2.75, 3.05) is 26.7 Å². The predicted molar refractivity (Wildman–Crippen MR) is 107 cm³/mol. The number of benzene rings is 1. The number of aromatic nitrogens is 1. The van der Waals surface area contributed by atoms with Gasteiger partial charge >= 0.3 is 0 Å². The first-order chi connectivity index (χ1) is 13.4. The monoisotopic (exact) mass is 388 g/mol. The Kier molecular flexibility index (Phi) is 6.34. The summed E-state index contributed by atoms with van der Waals surface area (Å²) in [7, 11) is 1.79. The van der Waals surface area contributed by atoms with Crippen molar-refractivity contribution in [3.63, 3.8) is 0 Å². The van der Waals surface area contributed by atoms with E-state index in [4.69, 9.17) is 9.26 Å². The van der Waals surface area contributed by atoms with E-state index in [-0.39, 0.29) is 23.9 Å². The van der Waals surface area contributed by atoms with Gasteiger partial charge in [0, 0.05) is 31.6 Å². The van der Waals surface area contributed by atoms with Gasteiger partial charge in [0.1, 0.15) is 17.7 Å². The van der Waals surface area contributed by atoms with E-state index in [1.54, 1.807) is 19.2 Å². The Morgan fingerprint density at radius 2 is 2.04 bits per heavy atom. The molecule has 0 amide bonds. The van der Waals surface area contributed by atoms with E-state index >= 15 is 0 Å². The molecule has 2 aromatic rings. The molecule has 1 N–H and O–H groups in total. The van der Waals surface area contributed by atoms with Crippen LogP contribution in [0.15, 0.2) is 33.8 Å². The summed E-state index contributed by atoms with van der Waals surface area (Å²) in [6, 6.07) is 6.51. The molecule has 7 heteroatoms. The molecule has 0 bridgehead atoms. The summed E-state index contributed by atoms with van der Waals surface area (Å²) >= 11 is 0. The minimum atomic E-state index is -0.241. The van der Waals surface area contributed by atoms with E-state index < -0.39 is 0 Å². The van der Waals surface area contributed by atoms with E-state index in [1.165, 1.54) is 12.1 Å². The van der Waals surface area contributed by atoms with Gasteiger partial charge in [-0.15, -0.1) is 0 Å². The fourth-order valence-electron chi connectivity index (χ4n) is 3.86. The van der Waals surface area contributed by atoms with Gasteiger partial charge in [-0.1, -0.05) is 24.2 Å². The fourth-order valence-corrected chi connectivity index (χ4v) is 3.86. The Morgan fingerprint density at radius 3 is 2.64 bits per heavy atom. The van der Waals surface area contributed by atoms with Crippen LogP contribution in [0.1, 0.15) is 48.5 Å². The summed E-state index contributed by atoms with van der Waals surface area (Å²) in [4.78, 5) is 6.66. The molecule has 0 saturated carbocycles. The quantitative estimate of drug-likeness (QED) is 0.641. The third-order valence-corrected chi connectivity index (χ3v) is 5.16. The molecule has 0 aliphatic carbocycles. The standard InChI is InChI=1S/C21H29FN4O2/c1-13(20-15(3)25-28-16(20)4)10-24-21(23-5)26-11-14(2)27-19(12-26)17-6-8-18(22)9-7-17/h6-9,13-14,19H,10-12H2,1-5H3,(H,23,24). The molecule has 28 heavy (non-hydrogen) atoms. The smallest absolute Gasteiger partial charge is 0.193 e. The van der Waals surface area contributed by atoms with Gasteiger partial charge in [0.05, 0.1) is 18.3 Å². The zero-order chi connectivity index (χ0) is 20.3. The van der Waals surface area contributed by atoms with Crippen molar-refractivity contribution in [2.45, 2.75) is 45.8 Å². The highest BCUT2D eigenvalue weighted by Crippen LogP contribution is 2.26. The minimum absolute atomic E-state index is 0.0438. The van der Waals surface area contributed by atoms with Gasteiger partial charge in [-0.05, 0) is 38.5 Å². The van der Waals surface area contributed by atoms with E-state index in [0.717, 1.165) is 41.6 Å². The number of rotatable bonds is 4. The molecule has 3 rings (SSSR count). The van der Waals surface area contributed by atoms with Crippen molar-refractivity contribution in [1.82, 2.24) is 15.4 Å². The summed E-state index contributed by atoms with van der Waals surface area (Å²) in [5.41, 5.74) is 3.04. The van der Waals surface area contributed by atoms with Crippen LogP contribution in [-0.4, -0.2) is 48.8 Å². The normalized spacial score (nSPS) is 21.6. The number of ether oxygens (including phenoxy) is 1. The lowest BCUT2D eigenvalue weighted by molar-refractivity contribution is -0.0605. The molecular weight excluding hydrogens is 359 g/mol. The lowest BCUT2D eigenvalue weighted by Crippen LogP contribution is -2.51. The van der Waals surface area contributed by atoms with Gasteiger partial charge in [-0.25, -0.2) is 4.39 Å². The van der Waals surface area contributed by atoms with Gasteiger partial charge in [0.2, 0.25) is 0 Å². The van der Waals surface area contributed by atoms with Crippen LogP contribution in [0, 0.1) is 19.7 Å². The van der Waals surface area contributed by atoms with Crippen molar-refractivity contribution in [1.29, 1.82) is 0 Å². The number of aryl methyl sites for hydroxylation is 2. The summed E-state index contributed by atoms with van der Waals surface area (Å²) in [5, 5.41) is 7.52. The average molecular weight is 388 g/mol. The molecule has 1 aromatic heterocycles. The zero-order valence-electron chi connectivity index (χ0n) is 17.2. The van der Waals surface area contributed by atoms with Crippen LogP contribution in [0.4, 0.5) is 4.39 Å². The van der Waals surface area contributed by atoms with E-state index in [2.05, 4.69) is 27.3 Å². The molecule has 1 fully saturated rings. The number of hydrogen-bond acceptors (Lipinski definition) is 4. The molecule has 3 atom stereocenters. The predicted octanol–water partition coefficient (Wildman–Crippen LogP) is 3.57. The number of guanidine groups is 1. The summed E-state index contributed by atoms with van der Waals surface area (Å²) in [6.07, 6.45) is -0.0785. The second-order valence-corrected chi connectivity index (χ2v) is 7.46. The van der Waals surface area contributed by atoms with Crippen molar-refractivity contribution in [3.05, 3.63) is 52.7 Å². The Bertz CT molecular complexity index is 799. The highest BCUT2D eigenvalue weighted by molar-refractivity contribution is 5.80. The molecule has 152 valence electrons. The number of halogens is 1. The molecule has 1 saturated heterocycles. The van der Waals surface area contributed by atoms with Crippen LogP contribution in [0.3, 0.4) is 0 Å². The highest BCUT2D eigenvalue weighted by Gasteiger charge is 2.28. The van der Waals surface area contributed by atoms with E-state index in [9.17, 15) is 4.39 Å². The molecule has 1 aliphatic heterocycles. The highest BCUT2D eigenvalue weighted by atomic mass is 19.1. The van der Waals surface area contributed by atoms with Crippen molar-refractivity contribution < 1.29 is 13.7 Å². The van der Waals surface area contributed by atoms with Crippen LogP contribution >= 0.6 is 0 Å². The second kappa shape index (κ2) is 8.73. The Labute approximate surface area is 165 Å². The fraction of sp³-hybridized carbons (Fsp3) is 0.524. The average Bonchev–Trinajstić information content (AvgIpc) is 3.00. The maximum atomic E-state index is 13.2. The van der Waals surface area contributed by atoms with Gasteiger partial charge in [-0.2, -0.15) is 0 Å². The molecule has 6 nitrogen and oxygen atoms in total. The zero-order valence-corrected chi connectivity index (χ0v) is 17.2. The summed E-state index contributed by atoms with van der Waals surface area (Å²) in [5.74, 6) is 1.70. The Morgan fingerprint density at radius 1 is 1.32 bits per heavy atom. The molecule has 2 heterocycles. The Balaban J connectivity index is 1.66. The van der Waals surface area contributed by atoms with E-state index in [1.807, 2.05) is 20.8 Å². The van der Waals surface area contributed by atoms with Gasteiger partial charge in [0.15, 0.2) is 5.96 Å². The van der Waals surface area contributed by atoms with Gasteiger partial charge < -0.3 is 19.5 Å². The third-order valence-electron chi connectivity index (χ3n) is 5.16. The van der Waals surface area contributed by atoms with Crippen LogP contribution in [-0.2, 0) is 4.74 Å². The largest absolute Gasteiger partial charge is 0.367 e. The number of aliphatic imine (C=N–C) groups is 1. The Hall–Kier alpha value is -2.41. The van der Waals surface area contributed by atoms with Gasteiger partial charge in [-0.3, -0.25) is 4.99 Å². The lowest BCUT2D eigenvalue weighted by atomic mass is 9.99. The van der Waals surface area contributed by atoms with Crippen LogP contribution in [0.5, 0.6) is 0 Å². The molecule has 1 aromatic carbocycles. The third kappa shape index (κ3) is 4.52. The first-order valence-corrected chi connectivity index (χ1v) is 9.68. The van der Waals surface area contributed by atoms with Crippen molar-refractivity contribution in [2.24, 2.45) is 4.99 Å². The second-order valence-electron chi connectivity index (χ2n) is 7.46. The molecule has 0 radical (unpaired) electrons. The minimum Gasteiger partial charge on any atom is -0.367 e. The summed E-state index contributed by atoms with van der Waals surface area (Å²) in [6.45, 7) is 10.2. The maximum absolute atomic E-state index is 13.2. The molecule has 3 unspecified atom stereocenters. The van der Waals surface area contributed by atoms with Crippen molar-refractivity contribution >= 4 is 5.96 Å². The van der Waals surface area contributed by atoms with E-state index in [0.29, 0.717) is 6.54 Å². The first kappa shape index (κ1) is 20.3. The topological polar surface area (TPSA) is 62.9 Å². The number of nitrogens with zero attached hydrogens (tertiary/aromatic N) is 3. The first-order valence-electron chi connectivity index (χ1n) is 9.68. The van der Waals surface area contributed by atoms with Gasteiger partial charge in [0.25, 0.3) is 0 Å². The van der Waals surface area contributed by atoms with Crippen LogP contribution < -0.4 is 5.32 Å². The SMILES string of the molecule is CN=C(NCC(C)c1c(C)noc1C)N1CC(C)OC(c2ccc(F)cc2)C1. The number of nitrogens with one attached hydrogen (secondary N) is 1. The molecule has 0 spiro atoms. The molecular formula is C21H29FN4O2. The summed E-state index contributed by atoms with van der Waals surface area (Å²) < 4.78 is 24.6. The van der Waals surface area contributed by atoms with Crippen LogP contribution in [0.25, 0.3) is 0 Å². The maximum Gasteiger partial charge on any atom is 0.193 e. The lowest BCUT2D eigenvalue weighted by Gasteiger charge is -2.39.